The maximum absolute atomic E-state index is 3.44. The Balaban J connectivity index is 2.40. The molecule has 15 heavy (non-hydrogen) atoms. The molecule has 2 aromatic rings. The molecule has 2 N–H and O–H groups in total. The second-order valence-corrected chi connectivity index (χ2v) is 3.88. The zero-order valence-electron chi connectivity index (χ0n) is 9.43. The van der Waals surface area contributed by atoms with Crippen LogP contribution >= 0.6 is 0 Å². The number of likely N-dealkylation sites (N-methyl/N-ethyl adjacent to an activating group) is 1. The molecular formula is C13H18N2. The van der Waals surface area contributed by atoms with Gasteiger partial charge in [-0.1, -0.05) is 19.1 Å². The highest BCUT2D eigenvalue weighted by molar-refractivity contribution is 5.84. The van der Waals surface area contributed by atoms with Gasteiger partial charge in [0.2, 0.25) is 0 Å². The largest absolute Gasteiger partial charge is 0.358 e. The van der Waals surface area contributed by atoms with Crippen molar-refractivity contribution in [2.24, 2.45) is 0 Å². The molecule has 0 unspecified atom stereocenters. The zero-order chi connectivity index (χ0) is 10.7. The SMILES string of the molecule is CCc1cc2c(CCNC)cccc2[nH]1. The standard InChI is InChI=1S/C13H18N2/c1-3-11-9-12-10(7-8-14-2)5-4-6-13(12)15-11/h4-6,9,14-15H,3,7-8H2,1-2H3. The van der Waals surface area contributed by atoms with Gasteiger partial charge in [-0.2, -0.15) is 0 Å². The summed E-state index contributed by atoms with van der Waals surface area (Å²) in [5.41, 5.74) is 4.01. The monoisotopic (exact) mass is 202 g/mol. The third-order valence-corrected chi connectivity index (χ3v) is 2.84. The Kier molecular flexibility index (Phi) is 3.07. The van der Waals surface area contributed by atoms with Crippen LogP contribution in [-0.4, -0.2) is 18.6 Å². The smallest absolute Gasteiger partial charge is 0.0458 e. The number of hydrogen-bond acceptors (Lipinski definition) is 1. The van der Waals surface area contributed by atoms with Crippen molar-refractivity contribution in [2.75, 3.05) is 13.6 Å². The normalized spacial score (nSPS) is 11.1. The maximum atomic E-state index is 3.44. The minimum atomic E-state index is 1.03. The fraction of sp³-hybridized carbons (Fsp3) is 0.385. The quantitative estimate of drug-likeness (QED) is 0.783. The third kappa shape index (κ3) is 2.05. The Morgan fingerprint density at radius 1 is 1.33 bits per heavy atom. The van der Waals surface area contributed by atoms with Crippen LogP contribution in [0.25, 0.3) is 10.9 Å². The molecule has 2 nitrogen and oxygen atoms in total. The number of nitrogens with one attached hydrogen (secondary N) is 2. The molecule has 1 aromatic carbocycles. The first-order chi connectivity index (χ1) is 7.35. The molecule has 0 amide bonds. The molecule has 0 aliphatic rings. The molecule has 0 aliphatic carbocycles. The van der Waals surface area contributed by atoms with Crippen molar-refractivity contribution in [1.29, 1.82) is 0 Å². The van der Waals surface area contributed by atoms with E-state index in [2.05, 4.69) is 41.5 Å². The van der Waals surface area contributed by atoms with Gasteiger partial charge in [0.1, 0.15) is 0 Å². The van der Waals surface area contributed by atoms with Crippen LogP contribution in [0.5, 0.6) is 0 Å². The first-order valence-electron chi connectivity index (χ1n) is 5.59. The van der Waals surface area contributed by atoms with Crippen LogP contribution in [0.2, 0.25) is 0 Å². The molecule has 0 atom stereocenters. The lowest BCUT2D eigenvalue weighted by Gasteiger charge is -2.01. The molecule has 0 fully saturated rings. The molecule has 1 heterocycles. The lowest BCUT2D eigenvalue weighted by Crippen LogP contribution is -2.10. The van der Waals surface area contributed by atoms with E-state index in [0.717, 1.165) is 19.4 Å². The number of fused-ring (bicyclic) bond motifs is 1. The van der Waals surface area contributed by atoms with Crippen LogP contribution in [-0.2, 0) is 12.8 Å². The summed E-state index contributed by atoms with van der Waals surface area (Å²) in [5, 5.41) is 4.57. The van der Waals surface area contributed by atoms with Crippen LogP contribution < -0.4 is 5.32 Å². The summed E-state index contributed by atoms with van der Waals surface area (Å²) in [5.74, 6) is 0. The molecular weight excluding hydrogens is 184 g/mol. The molecule has 1 aromatic heterocycles. The van der Waals surface area contributed by atoms with E-state index in [4.69, 9.17) is 0 Å². The number of hydrogen-bond donors (Lipinski definition) is 2. The van der Waals surface area contributed by atoms with Gasteiger partial charge in [-0.15, -0.1) is 0 Å². The van der Waals surface area contributed by atoms with Gasteiger partial charge in [-0.25, -0.2) is 0 Å². The minimum absolute atomic E-state index is 1.03. The molecule has 0 saturated heterocycles. The number of rotatable bonds is 4. The molecule has 0 saturated carbocycles. The van der Waals surface area contributed by atoms with Crippen LogP contribution in [0.15, 0.2) is 24.3 Å². The lowest BCUT2D eigenvalue weighted by atomic mass is 10.1. The first-order valence-corrected chi connectivity index (χ1v) is 5.59. The summed E-state index contributed by atoms with van der Waals surface area (Å²) in [6, 6.07) is 8.77. The van der Waals surface area contributed by atoms with Crippen LogP contribution in [0.4, 0.5) is 0 Å². The number of aryl methyl sites for hydroxylation is 1. The molecule has 0 spiro atoms. The predicted octanol–water partition coefficient (Wildman–Crippen LogP) is 2.49. The van der Waals surface area contributed by atoms with Gasteiger partial charge in [0.15, 0.2) is 0 Å². The predicted molar refractivity (Wildman–Crippen MR) is 65.3 cm³/mol. The van der Waals surface area contributed by atoms with E-state index in [1.165, 1.54) is 22.2 Å². The molecule has 2 rings (SSSR count). The van der Waals surface area contributed by atoms with Gasteiger partial charge < -0.3 is 10.3 Å². The number of benzene rings is 1. The van der Waals surface area contributed by atoms with Crippen molar-refractivity contribution in [1.82, 2.24) is 10.3 Å². The van der Waals surface area contributed by atoms with Gasteiger partial charge in [-0.3, -0.25) is 0 Å². The number of aromatic nitrogens is 1. The van der Waals surface area contributed by atoms with E-state index in [0.29, 0.717) is 0 Å². The summed E-state index contributed by atoms with van der Waals surface area (Å²) >= 11 is 0. The summed E-state index contributed by atoms with van der Waals surface area (Å²) in [4.78, 5) is 3.44. The lowest BCUT2D eigenvalue weighted by molar-refractivity contribution is 0.795. The highest BCUT2D eigenvalue weighted by Crippen LogP contribution is 2.20. The highest BCUT2D eigenvalue weighted by Gasteiger charge is 2.03. The van der Waals surface area contributed by atoms with Gasteiger partial charge in [0.25, 0.3) is 0 Å². The number of aromatic amines is 1. The second kappa shape index (κ2) is 4.49. The highest BCUT2D eigenvalue weighted by atomic mass is 14.8. The Hall–Kier alpha value is -1.28. The average molecular weight is 202 g/mol. The van der Waals surface area contributed by atoms with E-state index in [9.17, 15) is 0 Å². The van der Waals surface area contributed by atoms with E-state index in [-0.39, 0.29) is 0 Å². The fourth-order valence-corrected chi connectivity index (χ4v) is 1.94. The summed E-state index contributed by atoms with van der Waals surface area (Å²) in [7, 11) is 1.99. The molecule has 0 radical (unpaired) electrons. The average Bonchev–Trinajstić information content (AvgIpc) is 2.69. The molecule has 2 heteroatoms. The summed E-state index contributed by atoms with van der Waals surface area (Å²) in [6.07, 6.45) is 2.16. The summed E-state index contributed by atoms with van der Waals surface area (Å²) in [6.45, 7) is 3.21. The summed E-state index contributed by atoms with van der Waals surface area (Å²) < 4.78 is 0. The topological polar surface area (TPSA) is 27.8 Å². The van der Waals surface area contributed by atoms with E-state index >= 15 is 0 Å². The minimum Gasteiger partial charge on any atom is -0.358 e. The van der Waals surface area contributed by atoms with Crippen molar-refractivity contribution in [2.45, 2.75) is 19.8 Å². The zero-order valence-corrected chi connectivity index (χ0v) is 9.43. The van der Waals surface area contributed by atoms with E-state index < -0.39 is 0 Å². The molecule has 0 bridgehead atoms. The van der Waals surface area contributed by atoms with Gasteiger partial charge in [0, 0.05) is 16.6 Å². The Morgan fingerprint density at radius 3 is 2.93 bits per heavy atom. The Labute approximate surface area is 90.7 Å². The van der Waals surface area contributed by atoms with Crippen molar-refractivity contribution in [3.8, 4) is 0 Å². The van der Waals surface area contributed by atoms with E-state index in [1.807, 2.05) is 7.05 Å². The molecule has 80 valence electrons. The van der Waals surface area contributed by atoms with Crippen molar-refractivity contribution in [3.05, 3.63) is 35.5 Å². The van der Waals surface area contributed by atoms with Crippen LogP contribution in [0.1, 0.15) is 18.2 Å². The third-order valence-electron chi connectivity index (χ3n) is 2.84. The van der Waals surface area contributed by atoms with Gasteiger partial charge >= 0.3 is 0 Å². The van der Waals surface area contributed by atoms with Crippen molar-refractivity contribution in [3.63, 3.8) is 0 Å². The van der Waals surface area contributed by atoms with Gasteiger partial charge in [0.05, 0.1) is 0 Å². The number of H-pyrrole nitrogens is 1. The first kappa shape index (κ1) is 10.2. The maximum Gasteiger partial charge on any atom is 0.0458 e. The Bertz CT molecular complexity index is 443. The fourth-order valence-electron chi connectivity index (χ4n) is 1.94. The van der Waals surface area contributed by atoms with Gasteiger partial charge in [-0.05, 0) is 44.1 Å². The van der Waals surface area contributed by atoms with Crippen molar-refractivity contribution < 1.29 is 0 Å². The Morgan fingerprint density at radius 2 is 2.20 bits per heavy atom. The van der Waals surface area contributed by atoms with Crippen molar-refractivity contribution >= 4 is 10.9 Å². The van der Waals surface area contributed by atoms with E-state index in [1.54, 1.807) is 0 Å². The second-order valence-electron chi connectivity index (χ2n) is 3.88. The van der Waals surface area contributed by atoms with Crippen LogP contribution in [0, 0.1) is 0 Å². The molecule has 0 aliphatic heterocycles. The van der Waals surface area contributed by atoms with Crippen LogP contribution in [0.3, 0.4) is 0 Å².